The number of nitrogens with one attached hydrogen (secondary N) is 2. The summed E-state index contributed by atoms with van der Waals surface area (Å²) in [4.78, 5) is 26.7. The molecule has 0 spiro atoms. The lowest BCUT2D eigenvalue weighted by molar-refractivity contribution is -0.119. The van der Waals surface area contributed by atoms with E-state index in [1.165, 1.54) is 11.8 Å². The third kappa shape index (κ3) is 4.47. The topological polar surface area (TPSA) is 61.4 Å². The second kappa shape index (κ2) is 7.63. The van der Waals surface area contributed by atoms with Crippen LogP contribution in [0.25, 0.3) is 0 Å². The van der Waals surface area contributed by atoms with Crippen molar-refractivity contribution in [1.82, 2.24) is 15.5 Å². The molecule has 6 heteroatoms. The quantitative estimate of drug-likeness (QED) is 0.895. The van der Waals surface area contributed by atoms with Crippen LogP contribution in [0.1, 0.15) is 44.5 Å². The second-order valence-corrected chi connectivity index (χ2v) is 7.15. The zero-order valence-electron chi connectivity index (χ0n) is 13.5. The molecule has 1 aromatic rings. The van der Waals surface area contributed by atoms with Gasteiger partial charge in [-0.15, -0.1) is 11.3 Å². The molecule has 0 unspecified atom stereocenters. The molecule has 2 N–H and O–H groups in total. The number of thiophene rings is 1. The fourth-order valence-corrected chi connectivity index (χ4v) is 3.77. The van der Waals surface area contributed by atoms with Crippen LogP contribution in [0.4, 0.5) is 4.79 Å². The third-order valence-electron chi connectivity index (χ3n) is 3.91. The van der Waals surface area contributed by atoms with Crippen molar-refractivity contribution in [3.63, 3.8) is 0 Å². The van der Waals surface area contributed by atoms with Gasteiger partial charge in [-0.1, -0.05) is 19.9 Å². The van der Waals surface area contributed by atoms with Crippen molar-refractivity contribution < 1.29 is 9.59 Å². The van der Waals surface area contributed by atoms with Gasteiger partial charge in [0.05, 0.1) is 6.04 Å². The lowest BCUT2D eigenvalue weighted by Gasteiger charge is -2.34. The molecule has 0 bridgehead atoms. The van der Waals surface area contributed by atoms with E-state index in [9.17, 15) is 9.59 Å². The summed E-state index contributed by atoms with van der Waals surface area (Å²) in [6.07, 6.45) is 1.85. The Morgan fingerprint density at radius 3 is 2.77 bits per heavy atom. The standard InChI is InChI=1S/C16H25N3O2S/c1-11(2)15(14-7-5-9-22-14)18-16(21)19-8-4-6-13(10-19)17-12(3)20/h5,7,9,11,13,15H,4,6,8,10H2,1-3H3,(H,17,20)(H,18,21)/t13-,15+/m0/s1. The Morgan fingerprint density at radius 2 is 2.18 bits per heavy atom. The van der Waals surface area contributed by atoms with Gasteiger partial charge < -0.3 is 15.5 Å². The van der Waals surface area contributed by atoms with Crippen LogP contribution in [-0.4, -0.2) is 36.0 Å². The first kappa shape index (κ1) is 16.8. The lowest BCUT2D eigenvalue weighted by Crippen LogP contribution is -2.52. The van der Waals surface area contributed by atoms with E-state index in [0.717, 1.165) is 19.4 Å². The average Bonchev–Trinajstić information content (AvgIpc) is 2.97. The highest BCUT2D eigenvalue weighted by Gasteiger charge is 2.27. The van der Waals surface area contributed by atoms with Crippen LogP contribution < -0.4 is 10.6 Å². The molecule has 2 atom stereocenters. The molecule has 5 nitrogen and oxygen atoms in total. The molecule has 1 aliphatic heterocycles. The smallest absolute Gasteiger partial charge is 0.317 e. The molecule has 1 saturated heterocycles. The highest BCUT2D eigenvalue weighted by Crippen LogP contribution is 2.26. The maximum atomic E-state index is 12.5. The summed E-state index contributed by atoms with van der Waals surface area (Å²) in [5.74, 6) is 0.296. The summed E-state index contributed by atoms with van der Waals surface area (Å²) in [6.45, 7) is 7.07. The summed E-state index contributed by atoms with van der Waals surface area (Å²) < 4.78 is 0. The van der Waals surface area contributed by atoms with E-state index in [-0.39, 0.29) is 24.0 Å². The summed E-state index contributed by atoms with van der Waals surface area (Å²) in [6, 6.07) is 4.13. The van der Waals surface area contributed by atoms with Crippen LogP contribution in [0.3, 0.4) is 0 Å². The van der Waals surface area contributed by atoms with Crippen molar-refractivity contribution >= 4 is 23.3 Å². The van der Waals surface area contributed by atoms with Crippen LogP contribution in [0.5, 0.6) is 0 Å². The number of piperidine rings is 1. The molecule has 2 rings (SSSR count). The van der Waals surface area contributed by atoms with E-state index in [2.05, 4.69) is 30.5 Å². The Balaban J connectivity index is 1.96. The Kier molecular flexibility index (Phi) is 5.83. The highest BCUT2D eigenvalue weighted by molar-refractivity contribution is 7.10. The van der Waals surface area contributed by atoms with E-state index in [1.54, 1.807) is 11.3 Å². The highest BCUT2D eigenvalue weighted by atomic mass is 32.1. The average molecular weight is 323 g/mol. The van der Waals surface area contributed by atoms with Crippen LogP contribution in [-0.2, 0) is 4.79 Å². The van der Waals surface area contributed by atoms with E-state index in [0.29, 0.717) is 12.5 Å². The molecule has 2 heterocycles. The van der Waals surface area contributed by atoms with E-state index >= 15 is 0 Å². The van der Waals surface area contributed by atoms with Gasteiger partial charge >= 0.3 is 6.03 Å². The van der Waals surface area contributed by atoms with Gasteiger partial charge in [-0.25, -0.2) is 4.79 Å². The second-order valence-electron chi connectivity index (χ2n) is 6.17. The van der Waals surface area contributed by atoms with Gasteiger partial charge in [-0.05, 0) is 30.2 Å². The Labute approximate surface area is 136 Å². The monoisotopic (exact) mass is 323 g/mol. The summed E-state index contributed by atoms with van der Waals surface area (Å²) in [7, 11) is 0. The van der Waals surface area contributed by atoms with Gasteiger partial charge in [0.1, 0.15) is 0 Å². The summed E-state index contributed by atoms with van der Waals surface area (Å²) in [5, 5.41) is 8.09. The van der Waals surface area contributed by atoms with Crippen molar-refractivity contribution in [1.29, 1.82) is 0 Å². The number of likely N-dealkylation sites (tertiary alicyclic amines) is 1. The van der Waals surface area contributed by atoms with Crippen LogP contribution in [0.2, 0.25) is 0 Å². The largest absolute Gasteiger partial charge is 0.352 e. The van der Waals surface area contributed by atoms with Gasteiger partial charge in [-0.2, -0.15) is 0 Å². The maximum Gasteiger partial charge on any atom is 0.317 e. The van der Waals surface area contributed by atoms with E-state index < -0.39 is 0 Å². The normalized spacial score (nSPS) is 19.8. The molecule has 1 fully saturated rings. The maximum absolute atomic E-state index is 12.5. The van der Waals surface area contributed by atoms with Gasteiger partial charge in [-0.3, -0.25) is 4.79 Å². The van der Waals surface area contributed by atoms with Crippen molar-refractivity contribution in [2.24, 2.45) is 5.92 Å². The molecular weight excluding hydrogens is 298 g/mol. The molecule has 1 aromatic heterocycles. The fourth-order valence-electron chi connectivity index (χ4n) is 2.83. The Morgan fingerprint density at radius 1 is 1.41 bits per heavy atom. The number of urea groups is 1. The molecule has 3 amide bonds. The molecule has 0 saturated carbocycles. The fraction of sp³-hybridized carbons (Fsp3) is 0.625. The van der Waals surface area contributed by atoms with Gasteiger partial charge in [0, 0.05) is 30.9 Å². The minimum absolute atomic E-state index is 0.0358. The molecule has 0 aliphatic carbocycles. The lowest BCUT2D eigenvalue weighted by atomic mass is 10.0. The number of nitrogens with zero attached hydrogens (tertiary/aromatic N) is 1. The molecule has 0 aromatic carbocycles. The van der Waals surface area contributed by atoms with Crippen molar-refractivity contribution in [3.05, 3.63) is 22.4 Å². The molecular formula is C16H25N3O2S. The molecule has 1 aliphatic rings. The predicted octanol–water partition coefficient (Wildman–Crippen LogP) is 2.76. The van der Waals surface area contributed by atoms with Gasteiger partial charge in [0.15, 0.2) is 0 Å². The SMILES string of the molecule is CC(=O)N[C@H]1CCCN(C(=O)N[C@@H](c2cccs2)C(C)C)C1. The van der Waals surface area contributed by atoms with Crippen molar-refractivity contribution in [2.75, 3.05) is 13.1 Å². The number of carbonyl (C=O) groups is 2. The Bertz CT molecular complexity index is 501. The zero-order chi connectivity index (χ0) is 16.1. The first-order chi connectivity index (χ1) is 10.5. The number of rotatable bonds is 4. The van der Waals surface area contributed by atoms with Gasteiger partial charge in [0.25, 0.3) is 0 Å². The number of carbonyl (C=O) groups excluding carboxylic acids is 2. The summed E-state index contributed by atoms with van der Waals surface area (Å²) >= 11 is 1.67. The molecule has 122 valence electrons. The van der Waals surface area contributed by atoms with Crippen molar-refractivity contribution in [3.8, 4) is 0 Å². The third-order valence-corrected chi connectivity index (χ3v) is 4.87. The van der Waals surface area contributed by atoms with E-state index in [1.807, 2.05) is 16.3 Å². The van der Waals surface area contributed by atoms with Crippen LogP contribution in [0.15, 0.2) is 17.5 Å². The van der Waals surface area contributed by atoms with Crippen LogP contribution >= 0.6 is 11.3 Å². The number of hydrogen-bond acceptors (Lipinski definition) is 3. The summed E-state index contributed by atoms with van der Waals surface area (Å²) in [5.41, 5.74) is 0. The molecule has 22 heavy (non-hydrogen) atoms. The van der Waals surface area contributed by atoms with Crippen LogP contribution in [0, 0.1) is 5.92 Å². The number of hydrogen-bond donors (Lipinski definition) is 2. The first-order valence-corrected chi connectivity index (χ1v) is 8.71. The number of amides is 3. The zero-order valence-corrected chi connectivity index (χ0v) is 14.3. The Hall–Kier alpha value is -1.56. The predicted molar refractivity (Wildman–Crippen MR) is 88.8 cm³/mol. The molecule has 0 radical (unpaired) electrons. The minimum atomic E-state index is -0.0397. The van der Waals surface area contributed by atoms with E-state index in [4.69, 9.17) is 0 Å². The van der Waals surface area contributed by atoms with Crippen molar-refractivity contribution in [2.45, 2.75) is 45.7 Å². The minimum Gasteiger partial charge on any atom is -0.352 e. The van der Waals surface area contributed by atoms with Gasteiger partial charge in [0.2, 0.25) is 5.91 Å². The first-order valence-electron chi connectivity index (χ1n) is 7.83.